The highest BCUT2D eigenvalue weighted by Gasteiger charge is 2.43. The Labute approximate surface area is 129 Å². The van der Waals surface area contributed by atoms with Crippen LogP contribution >= 0.6 is 11.3 Å². The number of nitrogens with zero attached hydrogens (tertiary/aromatic N) is 2. The van der Waals surface area contributed by atoms with E-state index in [1.54, 1.807) is 11.3 Å². The predicted octanol–water partition coefficient (Wildman–Crippen LogP) is 3.13. The van der Waals surface area contributed by atoms with Crippen LogP contribution in [0, 0.1) is 6.92 Å². The largest absolute Gasteiger partial charge is 0.368 e. The van der Waals surface area contributed by atoms with Gasteiger partial charge in [0.25, 0.3) is 0 Å². The topological polar surface area (TPSA) is 25.4 Å². The van der Waals surface area contributed by atoms with Gasteiger partial charge in [0.1, 0.15) is 5.60 Å². The summed E-state index contributed by atoms with van der Waals surface area (Å²) in [5.41, 5.74) is 3.98. The van der Waals surface area contributed by atoms with Gasteiger partial charge >= 0.3 is 0 Å². The fourth-order valence-electron chi connectivity index (χ4n) is 3.67. The lowest BCUT2D eigenvalue weighted by Gasteiger charge is -2.41. The fourth-order valence-corrected chi connectivity index (χ4v) is 4.27. The van der Waals surface area contributed by atoms with Gasteiger partial charge in [0.05, 0.1) is 17.3 Å². The van der Waals surface area contributed by atoms with E-state index in [0.29, 0.717) is 0 Å². The molecule has 0 amide bonds. The lowest BCUT2D eigenvalue weighted by atomic mass is 9.93. The maximum atomic E-state index is 6.27. The van der Waals surface area contributed by atoms with Gasteiger partial charge in [-0.3, -0.25) is 4.90 Å². The molecule has 1 fully saturated rings. The number of morpholine rings is 1. The average Bonchev–Trinajstić information content (AvgIpc) is 3.05. The molecule has 2 aliphatic rings. The summed E-state index contributed by atoms with van der Waals surface area (Å²) in [5.74, 6) is 0. The van der Waals surface area contributed by atoms with Crippen molar-refractivity contribution in [1.82, 2.24) is 9.88 Å². The molecule has 3 nitrogen and oxygen atoms in total. The minimum Gasteiger partial charge on any atom is -0.368 e. The Hall–Kier alpha value is -1.23. The van der Waals surface area contributed by atoms with Gasteiger partial charge in [-0.2, -0.15) is 0 Å². The maximum Gasteiger partial charge on any atom is 0.106 e. The SMILES string of the molecule is Cc1nc(CN2CCOC3(CCc4ccccc43)C2)cs1. The van der Waals surface area contributed by atoms with E-state index >= 15 is 0 Å². The molecule has 1 aliphatic heterocycles. The molecule has 4 heteroatoms. The third-order valence-electron chi connectivity index (χ3n) is 4.62. The molecule has 0 saturated carbocycles. The van der Waals surface area contributed by atoms with Crippen molar-refractivity contribution in [3.63, 3.8) is 0 Å². The summed E-state index contributed by atoms with van der Waals surface area (Å²) < 4.78 is 6.27. The second-order valence-corrected chi connectivity index (χ2v) is 7.13. The summed E-state index contributed by atoms with van der Waals surface area (Å²) in [7, 11) is 0. The van der Waals surface area contributed by atoms with Crippen LogP contribution in [0.3, 0.4) is 0 Å². The van der Waals surface area contributed by atoms with Gasteiger partial charge in [-0.15, -0.1) is 11.3 Å². The number of rotatable bonds is 2. The third kappa shape index (κ3) is 2.41. The second-order valence-electron chi connectivity index (χ2n) is 6.07. The lowest BCUT2D eigenvalue weighted by Crippen LogP contribution is -2.48. The number of fused-ring (bicyclic) bond motifs is 2. The summed E-state index contributed by atoms with van der Waals surface area (Å²) in [4.78, 5) is 7.10. The third-order valence-corrected chi connectivity index (χ3v) is 5.45. The molecule has 1 atom stereocenters. The van der Waals surface area contributed by atoms with Crippen molar-refractivity contribution in [2.24, 2.45) is 0 Å². The van der Waals surface area contributed by atoms with E-state index in [1.165, 1.54) is 16.8 Å². The Morgan fingerprint density at radius 3 is 3.14 bits per heavy atom. The quantitative estimate of drug-likeness (QED) is 0.852. The van der Waals surface area contributed by atoms with Crippen molar-refractivity contribution in [3.8, 4) is 0 Å². The molecule has 1 aromatic carbocycles. The summed E-state index contributed by atoms with van der Waals surface area (Å²) in [5, 5.41) is 3.33. The number of aromatic nitrogens is 1. The fraction of sp³-hybridized carbons (Fsp3) is 0.471. The molecule has 4 rings (SSSR count). The van der Waals surface area contributed by atoms with Gasteiger partial charge in [-0.1, -0.05) is 24.3 Å². The van der Waals surface area contributed by atoms with E-state index in [1.807, 2.05) is 0 Å². The first-order valence-corrected chi connectivity index (χ1v) is 8.49. The number of benzene rings is 1. The Morgan fingerprint density at radius 1 is 1.38 bits per heavy atom. The van der Waals surface area contributed by atoms with Crippen LogP contribution in [0.4, 0.5) is 0 Å². The highest BCUT2D eigenvalue weighted by Crippen LogP contribution is 2.42. The van der Waals surface area contributed by atoms with Crippen LogP contribution in [0.5, 0.6) is 0 Å². The molecule has 2 heterocycles. The van der Waals surface area contributed by atoms with E-state index in [-0.39, 0.29) is 5.60 Å². The van der Waals surface area contributed by atoms with Gasteiger partial charge in [0, 0.05) is 25.0 Å². The van der Waals surface area contributed by atoms with Crippen molar-refractivity contribution < 1.29 is 4.74 Å². The van der Waals surface area contributed by atoms with Crippen LogP contribution in [0.2, 0.25) is 0 Å². The first kappa shape index (κ1) is 13.4. The smallest absolute Gasteiger partial charge is 0.106 e. The number of hydrogen-bond donors (Lipinski definition) is 0. The van der Waals surface area contributed by atoms with Crippen LogP contribution in [-0.2, 0) is 23.3 Å². The summed E-state index contributed by atoms with van der Waals surface area (Å²) in [6.45, 7) is 5.82. The number of ether oxygens (including phenoxy) is 1. The molecule has 2 aromatic rings. The van der Waals surface area contributed by atoms with E-state index < -0.39 is 0 Å². The summed E-state index contributed by atoms with van der Waals surface area (Å²) in [6.07, 6.45) is 2.25. The van der Waals surface area contributed by atoms with Crippen molar-refractivity contribution in [2.45, 2.75) is 31.9 Å². The van der Waals surface area contributed by atoms with Gasteiger partial charge in [0.15, 0.2) is 0 Å². The molecule has 0 radical (unpaired) electrons. The van der Waals surface area contributed by atoms with Crippen LogP contribution in [0.1, 0.15) is 28.2 Å². The van der Waals surface area contributed by atoms with Crippen LogP contribution in [-0.4, -0.2) is 29.6 Å². The zero-order valence-corrected chi connectivity index (χ0v) is 13.2. The zero-order valence-electron chi connectivity index (χ0n) is 12.3. The van der Waals surface area contributed by atoms with Crippen LogP contribution in [0.25, 0.3) is 0 Å². The molecule has 0 N–H and O–H groups in total. The van der Waals surface area contributed by atoms with Crippen molar-refractivity contribution in [3.05, 3.63) is 51.5 Å². The molecule has 1 spiro atoms. The van der Waals surface area contributed by atoms with E-state index in [0.717, 1.165) is 44.1 Å². The van der Waals surface area contributed by atoms with Crippen LogP contribution in [0.15, 0.2) is 29.6 Å². The first-order valence-electron chi connectivity index (χ1n) is 7.61. The maximum absolute atomic E-state index is 6.27. The first-order chi connectivity index (χ1) is 10.3. The number of hydrogen-bond acceptors (Lipinski definition) is 4. The van der Waals surface area contributed by atoms with E-state index in [2.05, 4.69) is 46.5 Å². The highest BCUT2D eigenvalue weighted by molar-refractivity contribution is 7.09. The monoisotopic (exact) mass is 300 g/mol. The summed E-state index contributed by atoms with van der Waals surface area (Å²) >= 11 is 1.74. The average molecular weight is 300 g/mol. The Bertz CT molecular complexity index is 650. The Morgan fingerprint density at radius 2 is 2.29 bits per heavy atom. The number of thiazole rings is 1. The van der Waals surface area contributed by atoms with Crippen molar-refractivity contribution in [1.29, 1.82) is 0 Å². The minimum atomic E-state index is -0.0834. The standard InChI is InChI=1S/C17H20N2OS/c1-13-18-15(11-21-13)10-19-8-9-20-17(12-19)7-6-14-4-2-3-5-16(14)17/h2-5,11H,6-10,12H2,1H3. The molecular formula is C17H20N2OS. The molecule has 1 saturated heterocycles. The van der Waals surface area contributed by atoms with Crippen molar-refractivity contribution in [2.75, 3.05) is 19.7 Å². The molecule has 1 aliphatic carbocycles. The van der Waals surface area contributed by atoms with Gasteiger partial charge in [0.2, 0.25) is 0 Å². The summed E-state index contributed by atoms with van der Waals surface area (Å²) in [6, 6.07) is 8.77. The molecule has 21 heavy (non-hydrogen) atoms. The van der Waals surface area contributed by atoms with Gasteiger partial charge in [-0.05, 0) is 30.9 Å². The molecule has 110 valence electrons. The normalized spacial score (nSPS) is 25.4. The molecule has 0 bridgehead atoms. The Balaban J connectivity index is 1.56. The Kier molecular flexibility index (Phi) is 3.32. The van der Waals surface area contributed by atoms with Crippen molar-refractivity contribution >= 4 is 11.3 Å². The predicted molar refractivity (Wildman–Crippen MR) is 84.5 cm³/mol. The van der Waals surface area contributed by atoms with Gasteiger partial charge < -0.3 is 4.74 Å². The second kappa shape index (κ2) is 5.20. The lowest BCUT2D eigenvalue weighted by molar-refractivity contribution is -0.116. The van der Waals surface area contributed by atoms with Crippen LogP contribution < -0.4 is 0 Å². The minimum absolute atomic E-state index is 0.0834. The van der Waals surface area contributed by atoms with Gasteiger partial charge in [-0.25, -0.2) is 4.98 Å². The highest BCUT2D eigenvalue weighted by atomic mass is 32.1. The van der Waals surface area contributed by atoms with E-state index in [4.69, 9.17) is 4.74 Å². The molecule has 1 unspecified atom stereocenters. The zero-order chi connectivity index (χ0) is 14.3. The molecule has 1 aromatic heterocycles. The number of aryl methyl sites for hydroxylation is 2. The molecular weight excluding hydrogens is 280 g/mol. The van der Waals surface area contributed by atoms with E-state index in [9.17, 15) is 0 Å².